The van der Waals surface area contributed by atoms with Gasteiger partial charge in [0.25, 0.3) is 0 Å². The fourth-order valence-corrected chi connectivity index (χ4v) is 3.46. The molecule has 2 aromatic carbocycles. The Morgan fingerprint density at radius 2 is 2.14 bits per heavy atom. The van der Waals surface area contributed by atoms with Crippen LogP contribution in [0.3, 0.4) is 0 Å². The molecule has 3 rings (SSSR count). The molecule has 5 heteroatoms. The summed E-state index contributed by atoms with van der Waals surface area (Å²) >= 11 is 1.81. The lowest BCUT2D eigenvalue weighted by atomic mass is 10.1. The second-order valence-electron chi connectivity index (χ2n) is 4.92. The second kappa shape index (κ2) is 5.66. The first kappa shape index (κ1) is 13.8. The van der Waals surface area contributed by atoms with Gasteiger partial charge in [0.15, 0.2) is 0 Å². The molecule has 0 unspecified atom stereocenters. The minimum absolute atomic E-state index is 0.0895. The number of nitrogen functional groups attached to an aromatic ring is 1. The molecule has 0 amide bonds. The van der Waals surface area contributed by atoms with Gasteiger partial charge in [-0.2, -0.15) is 5.26 Å². The fraction of sp³-hybridized carbons (Fsp3) is 0.188. The van der Waals surface area contributed by atoms with Crippen LogP contribution in [0.1, 0.15) is 11.1 Å². The van der Waals surface area contributed by atoms with Crippen LogP contribution in [0, 0.1) is 17.1 Å². The van der Waals surface area contributed by atoms with Crippen LogP contribution in [0.5, 0.6) is 0 Å². The summed E-state index contributed by atoms with van der Waals surface area (Å²) in [6.07, 6.45) is 0. The predicted molar refractivity (Wildman–Crippen MR) is 83.7 cm³/mol. The van der Waals surface area contributed by atoms with E-state index in [-0.39, 0.29) is 5.56 Å². The summed E-state index contributed by atoms with van der Waals surface area (Å²) in [4.78, 5) is 3.43. The topological polar surface area (TPSA) is 53.0 Å². The number of nitriles is 1. The summed E-state index contributed by atoms with van der Waals surface area (Å²) in [5.41, 5.74) is 8.73. The molecule has 0 spiro atoms. The first-order valence-electron chi connectivity index (χ1n) is 6.63. The van der Waals surface area contributed by atoms with Crippen LogP contribution < -0.4 is 10.6 Å². The highest BCUT2D eigenvalue weighted by atomic mass is 32.2. The average Bonchev–Trinajstić information content (AvgIpc) is 2.50. The third-order valence-electron chi connectivity index (χ3n) is 3.47. The third kappa shape index (κ3) is 2.81. The van der Waals surface area contributed by atoms with Crippen molar-refractivity contribution in [3.63, 3.8) is 0 Å². The van der Waals surface area contributed by atoms with Crippen LogP contribution in [-0.4, -0.2) is 12.3 Å². The van der Waals surface area contributed by atoms with Gasteiger partial charge in [0.2, 0.25) is 0 Å². The van der Waals surface area contributed by atoms with E-state index >= 15 is 0 Å². The Morgan fingerprint density at radius 3 is 2.95 bits per heavy atom. The van der Waals surface area contributed by atoms with Gasteiger partial charge in [-0.25, -0.2) is 4.39 Å². The SMILES string of the molecule is N#Cc1cc(CN2CCSc3ccc(N)cc32)ccc1F. The predicted octanol–water partition coefficient (Wildman–Crippen LogP) is 3.39. The molecule has 0 bridgehead atoms. The van der Waals surface area contributed by atoms with Gasteiger partial charge in [0.05, 0.1) is 11.3 Å². The lowest BCUT2D eigenvalue weighted by Crippen LogP contribution is -2.28. The minimum atomic E-state index is -0.472. The molecule has 1 aliphatic rings. The summed E-state index contributed by atoms with van der Waals surface area (Å²) in [5.74, 6) is 0.531. The lowest BCUT2D eigenvalue weighted by molar-refractivity contribution is 0.622. The van der Waals surface area contributed by atoms with Gasteiger partial charge in [-0.1, -0.05) is 6.07 Å². The van der Waals surface area contributed by atoms with Crippen molar-refractivity contribution in [3.8, 4) is 6.07 Å². The number of hydrogen-bond donors (Lipinski definition) is 1. The Bertz CT molecular complexity index is 724. The smallest absolute Gasteiger partial charge is 0.140 e. The van der Waals surface area contributed by atoms with E-state index in [9.17, 15) is 4.39 Å². The molecule has 1 heterocycles. The van der Waals surface area contributed by atoms with Crippen molar-refractivity contribution in [3.05, 3.63) is 53.3 Å². The van der Waals surface area contributed by atoms with E-state index in [0.29, 0.717) is 6.54 Å². The molecule has 2 aromatic rings. The molecule has 0 radical (unpaired) electrons. The number of rotatable bonds is 2. The van der Waals surface area contributed by atoms with Crippen molar-refractivity contribution in [2.24, 2.45) is 0 Å². The fourth-order valence-electron chi connectivity index (χ4n) is 2.43. The summed E-state index contributed by atoms with van der Waals surface area (Å²) in [7, 11) is 0. The average molecular weight is 299 g/mol. The molecule has 3 nitrogen and oxygen atoms in total. The summed E-state index contributed by atoms with van der Waals surface area (Å²) in [5, 5.41) is 8.92. The van der Waals surface area contributed by atoms with Gasteiger partial charge >= 0.3 is 0 Å². The van der Waals surface area contributed by atoms with Crippen molar-refractivity contribution in [1.82, 2.24) is 0 Å². The highest BCUT2D eigenvalue weighted by Gasteiger charge is 2.18. The van der Waals surface area contributed by atoms with Crippen LogP contribution >= 0.6 is 11.8 Å². The van der Waals surface area contributed by atoms with Crippen LogP contribution in [-0.2, 0) is 6.54 Å². The Labute approximate surface area is 127 Å². The number of nitrogens with two attached hydrogens (primary N) is 1. The summed E-state index contributed by atoms with van der Waals surface area (Å²) < 4.78 is 13.4. The zero-order chi connectivity index (χ0) is 14.8. The molecule has 106 valence electrons. The molecule has 0 aliphatic carbocycles. The van der Waals surface area contributed by atoms with E-state index in [4.69, 9.17) is 11.0 Å². The maximum Gasteiger partial charge on any atom is 0.140 e. The molecule has 0 atom stereocenters. The maximum absolute atomic E-state index is 13.4. The number of hydrogen-bond acceptors (Lipinski definition) is 4. The number of nitrogens with zero attached hydrogens (tertiary/aromatic N) is 2. The quantitative estimate of drug-likeness (QED) is 0.864. The molecule has 0 fully saturated rings. The Morgan fingerprint density at radius 1 is 1.29 bits per heavy atom. The number of fused-ring (bicyclic) bond motifs is 1. The van der Waals surface area contributed by atoms with Crippen molar-refractivity contribution in [2.75, 3.05) is 22.9 Å². The van der Waals surface area contributed by atoms with Gasteiger partial charge in [-0.3, -0.25) is 0 Å². The largest absolute Gasteiger partial charge is 0.399 e. The van der Waals surface area contributed by atoms with Gasteiger partial charge in [0.1, 0.15) is 11.9 Å². The number of thioether (sulfide) groups is 1. The Balaban J connectivity index is 1.90. The summed E-state index contributed by atoms with van der Waals surface area (Å²) in [6.45, 7) is 1.55. The molecule has 0 saturated carbocycles. The van der Waals surface area contributed by atoms with E-state index in [2.05, 4.69) is 4.90 Å². The van der Waals surface area contributed by atoms with Crippen molar-refractivity contribution < 1.29 is 4.39 Å². The van der Waals surface area contributed by atoms with Gasteiger partial charge < -0.3 is 10.6 Å². The van der Waals surface area contributed by atoms with Gasteiger partial charge in [-0.15, -0.1) is 11.8 Å². The molecular formula is C16H14FN3S. The third-order valence-corrected chi connectivity index (χ3v) is 4.51. The van der Waals surface area contributed by atoms with Crippen molar-refractivity contribution in [2.45, 2.75) is 11.4 Å². The van der Waals surface area contributed by atoms with Crippen LogP contribution in [0.2, 0.25) is 0 Å². The van der Waals surface area contributed by atoms with E-state index < -0.39 is 5.82 Å². The van der Waals surface area contributed by atoms with E-state index in [1.807, 2.05) is 36.0 Å². The minimum Gasteiger partial charge on any atom is -0.399 e. The molecule has 0 aromatic heterocycles. The van der Waals surface area contributed by atoms with Crippen molar-refractivity contribution in [1.29, 1.82) is 5.26 Å². The van der Waals surface area contributed by atoms with Crippen molar-refractivity contribution >= 4 is 23.1 Å². The number of halogens is 1. The standard InChI is InChI=1S/C16H14FN3S/c17-14-3-1-11(7-12(14)9-18)10-20-5-6-21-16-4-2-13(19)8-15(16)20/h1-4,7-8H,5-6,10,19H2. The highest BCUT2D eigenvalue weighted by Crippen LogP contribution is 2.36. The van der Waals surface area contributed by atoms with E-state index in [0.717, 1.165) is 29.2 Å². The zero-order valence-corrected chi connectivity index (χ0v) is 12.2. The maximum atomic E-state index is 13.4. The Kier molecular flexibility index (Phi) is 3.72. The van der Waals surface area contributed by atoms with Crippen LogP contribution in [0.4, 0.5) is 15.8 Å². The van der Waals surface area contributed by atoms with Gasteiger partial charge in [0, 0.05) is 29.4 Å². The zero-order valence-electron chi connectivity index (χ0n) is 11.3. The number of anilines is 2. The highest BCUT2D eigenvalue weighted by molar-refractivity contribution is 7.99. The van der Waals surface area contributed by atoms with Crippen LogP contribution in [0.25, 0.3) is 0 Å². The second-order valence-corrected chi connectivity index (χ2v) is 6.06. The molecular weight excluding hydrogens is 285 g/mol. The summed E-state index contributed by atoms with van der Waals surface area (Å²) in [6, 6.07) is 12.5. The number of benzene rings is 2. The lowest BCUT2D eigenvalue weighted by Gasteiger charge is -2.31. The molecule has 21 heavy (non-hydrogen) atoms. The monoisotopic (exact) mass is 299 g/mol. The van der Waals surface area contributed by atoms with Gasteiger partial charge in [-0.05, 0) is 35.9 Å². The normalized spacial score (nSPS) is 13.6. The van der Waals surface area contributed by atoms with E-state index in [1.54, 1.807) is 12.1 Å². The molecule has 0 saturated heterocycles. The van der Waals surface area contributed by atoms with E-state index in [1.165, 1.54) is 11.0 Å². The first-order chi connectivity index (χ1) is 10.2. The molecule has 1 aliphatic heterocycles. The molecule has 2 N–H and O–H groups in total. The van der Waals surface area contributed by atoms with Crippen LogP contribution in [0.15, 0.2) is 41.3 Å². The Hall–Kier alpha value is -2.19. The first-order valence-corrected chi connectivity index (χ1v) is 7.62.